The third-order valence-electron chi connectivity index (χ3n) is 2.26. The number of benzene rings is 1. The molecule has 0 aliphatic heterocycles. The van der Waals surface area contributed by atoms with E-state index in [4.69, 9.17) is 16.3 Å². The fourth-order valence-electron chi connectivity index (χ4n) is 1.58. The van der Waals surface area contributed by atoms with Crippen LogP contribution in [-0.4, -0.2) is 16.6 Å². The van der Waals surface area contributed by atoms with Crippen LogP contribution in [0.15, 0.2) is 30.3 Å². The van der Waals surface area contributed by atoms with Gasteiger partial charge in [-0.25, -0.2) is 9.97 Å². The van der Waals surface area contributed by atoms with E-state index in [0.717, 1.165) is 11.4 Å². The van der Waals surface area contributed by atoms with Gasteiger partial charge in [0.25, 0.3) is 0 Å². The summed E-state index contributed by atoms with van der Waals surface area (Å²) < 4.78 is 5.53. The lowest BCUT2D eigenvalue weighted by molar-refractivity contribution is 0.342. The summed E-state index contributed by atoms with van der Waals surface area (Å²) >= 11 is 5.89. The number of hydrogen-bond acceptors (Lipinski definition) is 4. The van der Waals surface area contributed by atoms with Crippen LogP contribution in [0.1, 0.15) is 12.7 Å². The second kappa shape index (κ2) is 5.69. The summed E-state index contributed by atoms with van der Waals surface area (Å²) in [6, 6.07) is 9.37. The average Bonchev–Trinajstić information content (AvgIpc) is 2.30. The highest BCUT2D eigenvalue weighted by atomic mass is 35.5. The summed E-state index contributed by atoms with van der Waals surface area (Å²) in [5.74, 6) is 2.06. The molecule has 5 heteroatoms. The molecule has 0 aliphatic rings. The lowest BCUT2D eigenvalue weighted by Gasteiger charge is -2.11. The van der Waals surface area contributed by atoms with E-state index in [1.165, 1.54) is 0 Å². The van der Waals surface area contributed by atoms with Gasteiger partial charge in [-0.1, -0.05) is 23.7 Å². The molecule has 0 aliphatic carbocycles. The number of para-hydroxylation sites is 2. The molecular formula is C13H14ClN3O. The van der Waals surface area contributed by atoms with Crippen LogP contribution in [-0.2, 0) is 0 Å². The quantitative estimate of drug-likeness (QED) is 0.857. The zero-order valence-corrected chi connectivity index (χ0v) is 11.0. The Morgan fingerprint density at radius 1 is 1.28 bits per heavy atom. The standard InChI is InChI=1S/C13H14ClN3O/c1-3-18-11-7-5-4-6-10(11)17-13-8-12(14)15-9(2)16-13/h4-8H,3H2,1-2H3,(H,15,16,17). The minimum Gasteiger partial charge on any atom is -0.492 e. The molecule has 4 nitrogen and oxygen atoms in total. The third kappa shape index (κ3) is 3.11. The summed E-state index contributed by atoms with van der Waals surface area (Å²) in [5, 5.41) is 3.59. The van der Waals surface area contributed by atoms with Gasteiger partial charge in [-0.2, -0.15) is 0 Å². The Bertz CT molecular complexity index is 525. The van der Waals surface area contributed by atoms with E-state index < -0.39 is 0 Å². The topological polar surface area (TPSA) is 47.0 Å². The molecule has 1 N–H and O–H groups in total. The lowest BCUT2D eigenvalue weighted by atomic mass is 10.3. The number of hydrogen-bond donors (Lipinski definition) is 1. The first kappa shape index (κ1) is 12.6. The van der Waals surface area contributed by atoms with Crippen LogP contribution in [0.3, 0.4) is 0 Å². The molecule has 2 aromatic rings. The molecule has 0 amide bonds. The van der Waals surface area contributed by atoms with E-state index in [1.807, 2.05) is 31.2 Å². The number of aromatic nitrogens is 2. The minimum absolute atomic E-state index is 0.416. The molecule has 1 aromatic carbocycles. The smallest absolute Gasteiger partial charge is 0.142 e. The van der Waals surface area contributed by atoms with Crippen molar-refractivity contribution in [1.29, 1.82) is 0 Å². The molecule has 0 atom stereocenters. The van der Waals surface area contributed by atoms with E-state index in [9.17, 15) is 0 Å². The van der Waals surface area contributed by atoms with Gasteiger partial charge in [0.2, 0.25) is 0 Å². The van der Waals surface area contributed by atoms with Crippen molar-refractivity contribution in [2.75, 3.05) is 11.9 Å². The maximum Gasteiger partial charge on any atom is 0.142 e. The van der Waals surface area contributed by atoms with Gasteiger partial charge in [0, 0.05) is 6.07 Å². The van der Waals surface area contributed by atoms with E-state index in [2.05, 4.69) is 15.3 Å². The Morgan fingerprint density at radius 3 is 2.78 bits per heavy atom. The van der Waals surface area contributed by atoms with Crippen LogP contribution in [0.4, 0.5) is 11.5 Å². The number of aryl methyl sites for hydroxylation is 1. The Morgan fingerprint density at radius 2 is 2.06 bits per heavy atom. The van der Waals surface area contributed by atoms with Crippen molar-refractivity contribution in [2.24, 2.45) is 0 Å². The number of rotatable bonds is 4. The van der Waals surface area contributed by atoms with Crippen molar-refractivity contribution in [2.45, 2.75) is 13.8 Å². The molecule has 0 unspecified atom stereocenters. The van der Waals surface area contributed by atoms with Crippen LogP contribution in [0, 0.1) is 6.92 Å². The van der Waals surface area contributed by atoms with Crippen LogP contribution in [0.5, 0.6) is 5.75 Å². The third-order valence-corrected chi connectivity index (χ3v) is 2.45. The van der Waals surface area contributed by atoms with Crippen molar-refractivity contribution < 1.29 is 4.74 Å². The Balaban J connectivity index is 2.27. The fourth-order valence-corrected chi connectivity index (χ4v) is 1.81. The molecular weight excluding hydrogens is 250 g/mol. The van der Waals surface area contributed by atoms with Gasteiger partial charge in [0.05, 0.1) is 12.3 Å². The molecule has 0 fully saturated rings. The molecule has 1 heterocycles. The SMILES string of the molecule is CCOc1ccccc1Nc1cc(Cl)nc(C)n1. The monoisotopic (exact) mass is 263 g/mol. The summed E-state index contributed by atoms with van der Waals surface area (Å²) in [5.41, 5.74) is 0.855. The van der Waals surface area contributed by atoms with Gasteiger partial charge in [0.1, 0.15) is 22.5 Å². The van der Waals surface area contributed by atoms with Gasteiger partial charge >= 0.3 is 0 Å². The van der Waals surface area contributed by atoms with Crippen LogP contribution >= 0.6 is 11.6 Å². The lowest BCUT2D eigenvalue weighted by Crippen LogP contribution is -2.00. The maximum absolute atomic E-state index is 5.89. The molecule has 0 radical (unpaired) electrons. The summed E-state index contributed by atoms with van der Waals surface area (Å²) in [4.78, 5) is 8.29. The van der Waals surface area contributed by atoms with Crippen molar-refractivity contribution in [1.82, 2.24) is 9.97 Å². The fraction of sp³-hybridized carbons (Fsp3) is 0.231. The van der Waals surface area contributed by atoms with Gasteiger partial charge < -0.3 is 10.1 Å². The second-order valence-electron chi connectivity index (χ2n) is 3.68. The highest BCUT2D eigenvalue weighted by Gasteiger charge is 2.05. The molecule has 0 spiro atoms. The van der Waals surface area contributed by atoms with Gasteiger partial charge in [-0.15, -0.1) is 0 Å². The number of nitrogens with zero attached hydrogens (tertiary/aromatic N) is 2. The van der Waals surface area contributed by atoms with Crippen molar-refractivity contribution in [3.63, 3.8) is 0 Å². The zero-order chi connectivity index (χ0) is 13.0. The molecule has 18 heavy (non-hydrogen) atoms. The first-order valence-corrected chi connectivity index (χ1v) is 6.07. The normalized spacial score (nSPS) is 10.2. The second-order valence-corrected chi connectivity index (χ2v) is 4.06. The zero-order valence-electron chi connectivity index (χ0n) is 10.3. The molecule has 1 aromatic heterocycles. The van der Waals surface area contributed by atoms with Crippen molar-refractivity contribution in [3.8, 4) is 5.75 Å². The van der Waals surface area contributed by atoms with Crippen molar-refractivity contribution in [3.05, 3.63) is 41.3 Å². The molecule has 2 rings (SSSR count). The number of ether oxygens (including phenoxy) is 1. The minimum atomic E-state index is 0.416. The Hall–Kier alpha value is -1.81. The molecule has 0 saturated heterocycles. The number of halogens is 1. The van der Waals surface area contributed by atoms with Crippen LogP contribution in [0.2, 0.25) is 5.15 Å². The summed E-state index contributed by atoms with van der Waals surface area (Å²) in [6.45, 7) is 4.36. The van der Waals surface area contributed by atoms with Crippen molar-refractivity contribution >= 4 is 23.1 Å². The average molecular weight is 264 g/mol. The van der Waals surface area contributed by atoms with Gasteiger partial charge in [-0.3, -0.25) is 0 Å². The molecule has 0 bridgehead atoms. The van der Waals surface area contributed by atoms with Gasteiger partial charge in [-0.05, 0) is 26.0 Å². The molecule has 0 saturated carbocycles. The predicted octanol–water partition coefficient (Wildman–Crippen LogP) is 3.58. The Labute approximate surface area is 111 Å². The van der Waals surface area contributed by atoms with Gasteiger partial charge in [0.15, 0.2) is 0 Å². The largest absolute Gasteiger partial charge is 0.492 e. The predicted molar refractivity (Wildman–Crippen MR) is 72.7 cm³/mol. The first-order chi connectivity index (χ1) is 8.69. The number of anilines is 2. The maximum atomic E-state index is 5.89. The summed E-state index contributed by atoms with van der Waals surface area (Å²) in [7, 11) is 0. The number of nitrogens with one attached hydrogen (secondary N) is 1. The summed E-state index contributed by atoms with van der Waals surface area (Å²) in [6.07, 6.45) is 0. The van der Waals surface area contributed by atoms with E-state index in [0.29, 0.717) is 23.4 Å². The van der Waals surface area contributed by atoms with E-state index in [1.54, 1.807) is 13.0 Å². The highest BCUT2D eigenvalue weighted by Crippen LogP contribution is 2.27. The van der Waals surface area contributed by atoms with Crippen LogP contribution in [0.25, 0.3) is 0 Å². The Kier molecular flexibility index (Phi) is 3.99. The molecule has 94 valence electrons. The van der Waals surface area contributed by atoms with E-state index >= 15 is 0 Å². The van der Waals surface area contributed by atoms with Crippen LogP contribution < -0.4 is 10.1 Å². The highest BCUT2D eigenvalue weighted by molar-refractivity contribution is 6.29. The first-order valence-electron chi connectivity index (χ1n) is 5.69. The van der Waals surface area contributed by atoms with E-state index in [-0.39, 0.29) is 0 Å².